The van der Waals surface area contributed by atoms with Gasteiger partial charge in [0.1, 0.15) is 0 Å². The molecular weight excluding hydrogens is 236 g/mol. The minimum absolute atomic E-state index is 0.0369. The number of nitrogens with one attached hydrogen (secondary N) is 2. The number of carbonyl (C=O) groups excluding carboxylic acids is 1. The maximum absolute atomic E-state index is 11.4. The molecule has 1 amide bonds. The van der Waals surface area contributed by atoms with Crippen LogP contribution >= 0.6 is 0 Å². The molecule has 1 aliphatic heterocycles. The maximum atomic E-state index is 11.4. The topological polar surface area (TPSA) is 113 Å². The van der Waals surface area contributed by atoms with Crippen molar-refractivity contribution in [3.8, 4) is 0 Å². The van der Waals surface area contributed by atoms with Gasteiger partial charge in [0.15, 0.2) is 15.9 Å². The largest absolute Gasteiger partial charge is 0.480 e. The summed E-state index contributed by atoms with van der Waals surface area (Å²) in [5.74, 6) is -2.08. The minimum Gasteiger partial charge on any atom is -0.480 e. The molecule has 2 atom stereocenters. The third kappa shape index (κ3) is 3.17. The summed E-state index contributed by atoms with van der Waals surface area (Å²) < 4.78 is 22.2. The highest BCUT2D eigenvalue weighted by molar-refractivity contribution is 7.91. The number of sulfone groups is 1. The minimum atomic E-state index is -3.08. The zero-order valence-corrected chi connectivity index (χ0v) is 9.58. The van der Waals surface area contributed by atoms with Crippen molar-refractivity contribution in [3.05, 3.63) is 0 Å². The average molecular weight is 250 g/mol. The number of carboxylic acid groups (broad SMARTS) is 1. The fraction of sp³-hybridized carbons (Fsp3) is 0.750. The first-order valence-electron chi connectivity index (χ1n) is 4.76. The Morgan fingerprint density at radius 2 is 2.06 bits per heavy atom. The van der Waals surface area contributed by atoms with Crippen molar-refractivity contribution < 1.29 is 23.1 Å². The molecule has 1 saturated heterocycles. The summed E-state index contributed by atoms with van der Waals surface area (Å²) in [7, 11) is -1.73. The van der Waals surface area contributed by atoms with Gasteiger partial charge in [0.05, 0.1) is 11.5 Å². The Morgan fingerprint density at radius 1 is 1.44 bits per heavy atom. The van der Waals surface area contributed by atoms with Gasteiger partial charge in [-0.3, -0.25) is 10.1 Å². The Balaban J connectivity index is 2.55. The van der Waals surface area contributed by atoms with E-state index >= 15 is 0 Å². The first kappa shape index (κ1) is 12.9. The Kier molecular flexibility index (Phi) is 3.87. The van der Waals surface area contributed by atoms with Crippen LogP contribution in [0.3, 0.4) is 0 Å². The summed E-state index contributed by atoms with van der Waals surface area (Å²) in [4.78, 5) is 22.1. The van der Waals surface area contributed by atoms with Crippen molar-refractivity contribution >= 4 is 21.7 Å². The first-order valence-corrected chi connectivity index (χ1v) is 6.59. The Morgan fingerprint density at radius 3 is 2.44 bits per heavy atom. The number of carboxylic acids is 1. The van der Waals surface area contributed by atoms with E-state index in [0.717, 1.165) is 0 Å². The van der Waals surface area contributed by atoms with E-state index < -0.39 is 33.8 Å². The van der Waals surface area contributed by atoms with Crippen LogP contribution in [0.25, 0.3) is 0 Å². The molecule has 0 saturated carbocycles. The van der Waals surface area contributed by atoms with E-state index in [1.807, 2.05) is 0 Å². The van der Waals surface area contributed by atoms with E-state index in [4.69, 9.17) is 5.11 Å². The quantitative estimate of drug-likeness (QED) is 0.496. The second-order valence-corrected chi connectivity index (χ2v) is 5.90. The summed E-state index contributed by atoms with van der Waals surface area (Å²) >= 11 is 0. The van der Waals surface area contributed by atoms with E-state index in [9.17, 15) is 18.0 Å². The van der Waals surface area contributed by atoms with Crippen LogP contribution in [0.5, 0.6) is 0 Å². The van der Waals surface area contributed by atoms with Gasteiger partial charge in [-0.1, -0.05) is 0 Å². The van der Waals surface area contributed by atoms with Crippen LogP contribution in [0.15, 0.2) is 0 Å². The Hall–Kier alpha value is -1.15. The Labute approximate surface area is 93.1 Å². The number of likely N-dealkylation sites (N-methyl/N-ethyl adjacent to an activating group) is 1. The molecule has 92 valence electrons. The molecule has 0 aromatic carbocycles. The van der Waals surface area contributed by atoms with E-state index in [1.54, 1.807) is 0 Å². The van der Waals surface area contributed by atoms with Crippen molar-refractivity contribution in [2.24, 2.45) is 0 Å². The van der Waals surface area contributed by atoms with Crippen molar-refractivity contribution in [1.82, 2.24) is 10.6 Å². The van der Waals surface area contributed by atoms with Gasteiger partial charge in [-0.2, -0.15) is 0 Å². The normalized spacial score (nSPS) is 24.9. The number of hydrogen-bond acceptors (Lipinski definition) is 5. The molecule has 1 rings (SSSR count). The summed E-state index contributed by atoms with van der Waals surface area (Å²) in [5.41, 5.74) is 0. The molecule has 7 nitrogen and oxygen atoms in total. The molecule has 0 aromatic heterocycles. The van der Waals surface area contributed by atoms with Crippen LogP contribution in [0, 0.1) is 0 Å². The van der Waals surface area contributed by atoms with Gasteiger partial charge in [0.2, 0.25) is 5.91 Å². The molecule has 1 heterocycles. The molecule has 0 bridgehead atoms. The van der Waals surface area contributed by atoms with Gasteiger partial charge >= 0.3 is 5.97 Å². The van der Waals surface area contributed by atoms with Crippen LogP contribution in [-0.2, 0) is 19.4 Å². The molecule has 16 heavy (non-hydrogen) atoms. The van der Waals surface area contributed by atoms with Gasteiger partial charge in [-0.05, 0) is 13.5 Å². The van der Waals surface area contributed by atoms with Crippen molar-refractivity contribution in [3.63, 3.8) is 0 Å². The van der Waals surface area contributed by atoms with Crippen molar-refractivity contribution in [2.45, 2.75) is 18.5 Å². The van der Waals surface area contributed by atoms with Crippen LogP contribution in [0.1, 0.15) is 6.42 Å². The SMILES string of the molecule is CNC(C(=O)O)C(=O)NC1CCS(=O)(=O)C1. The highest BCUT2D eigenvalue weighted by atomic mass is 32.2. The monoisotopic (exact) mass is 250 g/mol. The molecule has 1 fully saturated rings. The second-order valence-electron chi connectivity index (χ2n) is 3.67. The molecule has 0 aliphatic carbocycles. The molecule has 2 unspecified atom stereocenters. The molecule has 0 radical (unpaired) electrons. The lowest BCUT2D eigenvalue weighted by Crippen LogP contribution is -2.51. The van der Waals surface area contributed by atoms with Gasteiger partial charge in [0.25, 0.3) is 0 Å². The Bertz CT molecular complexity index is 391. The first-order chi connectivity index (χ1) is 7.35. The molecule has 1 aliphatic rings. The summed E-state index contributed by atoms with van der Waals surface area (Å²) in [6.45, 7) is 0. The fourth-order valence-corrected chi connectivity index (χ4v) is 3.23. The van der Waals surface area contributed by atoms with Crippen LogP contribution in [-0.4, -0.2) is 56.0 Å². The smallest absolute Gasteiger partial charge is 0.330 e. The number of aliphatic carboxylic acids is 1. The second kappa shape index (κ2) is 4.79. The van der Waals surface area contributed by atoms with Crippen molar-refractivity contribution in [1.29, 1.82) is 0 Å². The molecule has 0 spiro atoms. The highest BCUT2D eigenvalue weighted by Gasteiger charge is 2.32. The van der Waals surface area contributed by atoms with Crippen LogP contribution in [0.4, 0.5) is 0 Å². The number of carbonyl (C=O) groups is 2. The van der Waals surface area contributed by atoms with E-state index in [2.05, 4.69) is 10.6 Å². The van der Waals surface area contributed by atoms with Crippen molar-refractivity contribution in [2.75, 3.05) is 18.6 Å². The molecular formula is C8H14N2O5S. The number of amides is 1. The third-order valence-corrected chi connectivity index (χ3v) is 4.14. The van der Waals surface area contributed by atoms with Crippen LogP contribution < -0.4 is 10.6 Å². The third-order valence-electron chi connectivity index (χ3n) is 2.38. The summed E-state index contributed by atoms with van der Waals surface area (Å²) in [6.07, 6.45) is 0.337. The van der Waals surface area contributed by atoms with E-state index in [-0.39, 0.29) is 11.5 Å². The van der Waals surface area contributed by atoms with E-state index in [0.29, 0.717) is 6.42 Å². The standard InChI is InChI=1S/C8H14N2O5S/c1-9-6(8(12)13)7(11)10-5-2-3-16(14,15)4-5/h5-6,9H,2-4H2,1H3,(H,10,11)(H,12,13). The zero-order chi connectivity index (χ0) is 12.3. The molecule has 3 N–H and O–H groups in total. The van der Waals surface area contributed by atoms with Gasteiger partial charge in [-0.15, -0.1) is 0 Å². The van der Waals surface area contributed by atoms with Gasteiger partial charge in [0, 0.05) is 6.04 Å². The fourth-order valence-electron chi connectivity index (χ4n) is 1.56. The lowest BCUT2D eigenvalue weighted by molar-refractivity contribution is -0.143. The highest BCUT2D eigenvalue weighted by Crippen LogP contribution is 2.11. The lowest BCUT2D eigenvalue weighted by atomic mass is 10.2. The van der Waals surface area contributed by atoms with Gasteiger partial charge in [-0.25, -0.2) is 13.2 Å². The zero-order valence-electron chi connectivity index (χ0n) is 8.76. The summed E-state index contributed by atoms with van der Waals surface area (Å²) in [6, 6.07) is -1.82. The predicted octanol–water partition coefficient (Wildman–Crippen LogP) is -2.04. The predicted molar refractivity (Wildman–Crippen MR) is 55.7 cm³/mol. The number of rotatable bonds is 4. The molecule has 8 heteroatoms. The van der Waals surface area contributed by atoms with Crippen LogP contribution in [0.2, 0.25) is 0 Å². The number of hydrogen-bond donors (Lipinski definition) is 3. The van der Waals surface area contributed by atoms with E-state index in [1.165, 1.54) is 7.05 Å². The lowest BCUT2D eigenvalue weighted by Gasteiger charge is -2.15. The summed E-state index contributed by atoms with van der Waals surface area (Å²) in [5, 5.41) is 13.4. The molecule has 0 aromatic rings. The van der Waals surface area contributed by atoms with Gasteiger partial charge < -0.3 is 10.4 Å². The maximum Gasteiger partial charge on any atom is 0.330 e. The average Bonchev–Trinajstić information content (AvgIpc) is 2.45.